The lowest BCUT2D eigenvalue weighted by molar-refractivity contribution is 0.0651. The van der Waals surface area contributed by atoms with Crippen molar-refractivity contribution in [3.05, 3.63) is 29.6 Å². The average molecular weight is 243 g/mol. The van der Waals surface area contributed by atoms with Crippen LogP contribution >= 0.6 is 0 Å². The molecule has 1 aliphatic carbocycles. The predicted octanol–water partition coefficient (Wildman–Crippen LogP) is 1.02. The molecule has 4 nitrogen and oxygen atoms in total. The standard InChI is InChI=1S/C14H17N3O/c1-17(13-5-2-6-13)14(18)12-8-11(4-3-7-15)9-16-10-12/h8-10,13H,2,5-7,15H2,1H3. The minimum atomic E-state index is 0.0172. The molecule has 1 aliphatic rings. The number of hydrogen-bond acceptors (Lipinski definition) is 3. The summed E-state index contributed by atoms with van der Waals surface area (Å²) in [4.78, 5) is 18.1. The van der Waals surface area contributed by atoms with Crippen LogP contribution in [0.2, 0.25) is 0 Å². The number of aromatic nitrogens is 1. The highest BCUT2D eigenvalue weighted by Crippen LogP contribution is 2.24. The summed E-state index contributed by atoms with van der Waals surface area (Å²) >= 11 is 0. The topological polar surface area (TPSA) is 59.2 Å². The lowest BCUT2D eigenvalue weighted by Crippen LogP contribution is -2.41. The fourth-order valence-electron chi connectivity index (χ4n) is 1.92. The largest absolute Gasteiger partial charge is 0.339 e. The van der Waals surface area contributed by atoms with Crippen molar-refractivity contribution in [1.82, 2.24) is 9.88 Å². The molecule has 0 radical (unpaired) electrons. The highest BCUT2D eigenvalue weighted by atomic mass is 16.2. The quantitative estimate of drug-likeness (QED) is 0.789. The van der Waals surface area contributed by atoms with Crippen LogP contribution in [0, 0.1) is 11.8 Å². The molecule has 1 fully saturated rings. The van der Waals surface area contributed by atoms with Gasteiger partial charge in [0.25, 0.3) is 5.91 Å². The van der Waals surface area contributed by atoms with E-state index in [1.165, 1.54) is 6.42 Å². The number of nitrogens with two attached hydrogens (primary N) is 1. The molecule has 18 heavy (non-hydrogen) atoms. The lowest BCUT2D eigenvalue weighted by Gasteiger charge is -2.34. The Morgan fingerprint density at radius 1 is 1.56 bits per heavy atom. The summed E-state index contributed by atoms with van der Waals surface area (Å²) in [5.74, 6) is 5.66. The molecule has 2 N–H and O–H groups in total. The fraction of sp³-hybridized carbons (Fsp3) is 0.429. The van der Waals surface area contributed by atoms with Gasteiger partial charge in [-0.15, -0.1) is 0 Å². The summed E-state index contributed by atoms with van der Waals surface area (Å²) in [6.07, 6.45) is 6.64. The molecule has 1 aromatic heterocycles. The number of pyridine rings is 1. The Bertz CT molecular complexity index is 497. The van der Waals surface area contributed by atoms with Crippen LogP contribution < -0.4 is 5.73 Å². The molecule has 4 heteroatoms. The zero-order valence-corrected chi connectivity index (χ0v) is 10.5. The van der Waals surface area contributed by atoms with Gasteiger partial charge in [-0.25, -0.2) is 0 Å². The van der Waals surface area contributed by atoms with Gasteiger partial charge in [0.2, 0.25) is 0 Å². The molecule has 1 amide bonds. The molecular weight excluding hydrogens is 226 g/mol. The predicted molar refractivity (Wildman–Crippen MR) is 69.9 cm³/mol. The third kappa shape index (κ3) is 2.69. The zero-order chi connectivity index (χ0) is 13.0. The van der Waals surface area contributed by atoms with Gasteiger partial charge in [0, 0.05) is 31.0 Å². The van der Waals surface area contributed by atoms with Gasteiger partial charge >= 0.3 is 0 Å². The van der Waals surface area contributed by atoms with Crippen LogP contribution in [-0.2, 0) is 0 Å². The Morgan fingerprint density at radius 2 is 2.33 bits per heavy atom. The van der Waals surface area contributed by atoms with E-state index < -0.39 is 0 Å². The second kappa shape index (κ2) is 5.65. The molecule has 0 unspecified atom stereocenters. The minimum absolute atomic E-state index is 0.0172. The van der Waals surface area contributed by atoms with E-state index in [1.54, 1.807) is 23.4 Å². The van der Waals surface area contributed by atoms with Crippen molar-refractivity contribution in [1.29, 1.82) is 0 Å². The fourth-order valence-corrected chi connectivity index (χ4v) is 1.92. The monoisotopic (exact) mass is 243 g/mol. The number of nitrogens with zero attached hydrogens (tertiary/aromatic N) is 2. The Labute approximate surface area is 107 Å². The van der Waals surface area contributed by atoms with Gasteiger partial charge in [-0.1, -0.05) is 11.8 Å². The number of rotatable bonds is 2. The molecule has 2 rings (SSSR count). The van der Waals surface area contributed by atoms with E-state index in [4.69, 9.17) is 5.73 Å². The first-order valence-corrected chi connectivity index (χ1v) is 6.13. The van der Waals surface area contributed by atoms with E-state index in [2.05, 4.69) is 16.8 Å². The van der Waals surface area contributed by atoms with Crippen molar-refractivity contribution < 1.29 is 4.79 Å². The highest BCUT2D eigenvalue weighted by Gasteiger charge is 2.26. The van der Waals surface area contributed by atoms with Crippen molar-refractivity contribution in [2.24, 2.45) is 5.73 Å². The number of hydrogen-bond donors (Lipinski definition) is 1. The lowest BCUT2D eigenvalue weighted by atomic mass is 9.91. The molecule has 0 bridgehead atoms. The molecular formula is C14H17N3O. The molecule has 0 saturated heterocycles. The first-order chi connectivity index (χ1) is 8.72. The summed E-state index contributed by atoms with van der Waals surface area (Å²) in [5.41, 5.74) is 6.64. The first kappa shape index (κ1) is 12.6. The molecule has 0 spiro atoms. The van der Waals surface area contributed by atoms with Crippen LogP contribution in [0.1, 0.15) is 35.2 Å². The van der Waals surface area contributed by atoms with Gasteiger partial charge in [0.15, 0.2) is 0 Å². The van der Waals surface area contributed by atoms with Crippen molar-refractivity contribution in [3.63, 3.8) is 0 Å². The average Bonchev–Trinajstić information content (AvgIpc) is 2.33. The molecule has 1 saturated carbocycles. The maximum absolute atomic E-state index is 12.2. The van der Waals surface area contributed by atoms with Gasteiger partial charge in [-0.05, 0) is 25.3 Å². The van der Waals surface area contributed by atoms with E-state index in [1.807, 2.05) is 7.05 Å². The smallest absolute Gasteiger partial charge is 0.255 e. The molecule has 0 atom stereocenters. The summed E-state index contributed by atoms with van der Waals surface area (Å²) < 4.78 is 0. The van der Waals surface area contributed by atoms with Crippen LogP contribution in [0.3, 0.4) is 0 Å². The third-order valence-corrected chi connectivity index (χ3v) is 3.26. The SMILES string of the molecule is CN(C(=O)c1cncc(C#CCN)c1)C1CCC1. The normalized spacial score (nSPS) is 14.3. The maximum atomic E-state index is 12.2. The van der Waals surface area contributed by atoms with E-state index in [9.17, 15) is 4.79 Å². The van der Waals surface area contributed by atoms with Crippen LogP contribution in [0.4, 0.5) is 0 Å². The van der Waals surface area contributed by atoms with Gasteiger partial charge < -0.3 is 10.6 Å². The van der Waals surface area contributed by atoms with Crippen LogP contribution in [0.15, 0.2) is 18.5 Å². The summed E-state index contributed by atoms with van der Waals surface area (Å²) in [5, 5.41) is 0. The Morgan fingerprint density at radius 3 is 2.94 bits per heavy atom. The van der Waals surface area contributed by atoms with Crippen LogP contribution in [-0.4, -0.2) is 35.4 Å². The highest BCUT2D eigenvalue weighted by molar-refractivity contribution is 5.94. The Kier molecular flexibility index (Phi) is 3.96. The number of carbonyl (C=O) groups is 1. The summed E-state index contributed by atoms with van der Waals surface area (Å²) in [7, 11) is 1.85. The van der Waals surface area contributed by atoms with Crippen LogP contribution in [0.5, 0.6) is 0 Å². The van der Waals surface area contributed by atoms with Crippen LogP contribution in [0.25, 0.3) is 0 Å². The Balaban J connectivity index is 2.14. The Hall–Kier alpha value is -1.86. The van der Waals surface area contributed by atoms with Crippen molar-refractivity contribution in [3.8, 4) is 11.8 Å². The molecule has 0 aliphatic heterocycles. The molecule has 94 valence electrons. The van der Waals surface area contributed by atoms with Crippen molar-refractivity contribution in [2.45, 2.75) is 25.3 Å². The summed E-state index contributed by atoms with van der Waals surface area (Å²) in [6, 6.07) is 2.16. The van der Waals surface area contributed by atoms with Gasteiger partial charge in [0.05, 0.1) is 12.1 Å². The second-order valence-corrected chi connectivity index (χ2v) is 4.47. The molecule has 1 aromatic rings. The molecule has 0 aromatic carbocycles. The molecule has 1 heterocycles. The van der Waals surface area contributed by atoms with E-state index in [0.29, 0.717) is 18.2 Å². The maximum Gasteiger partial charge on any atom is 0.255 e. The van der Waals surface area contributed by atoms with Crippen molar-refractivity contribution in [2.75, 3.05) is 13.6 Å². The van der Waals surface area contributed by atoms with E-state index in [0.717, 1.165) is 18.4 Å². The summed E-state index contributed by atoms with van der Waals surface area (Å²) in [6.45, 7) is 0.306. The van der Waals surface area contributed by atoms with Gasteiger partial charge in [0.1, 0.15) is 0 Å². The van der Waals surface area contributed by atoms with E-state index >= 15 is 0 Å². The minimum Gasteiger partial charge on any atom is -0.339 e. The zero-order valence-electron chi connectivity index (χ0n) is 10.5. The number of amides is 1. The van der Waals surface area contributed by atoms with Gasteiger partial charge in [-0.3, -0.25) is 9.78 Å². The van der Waals surface area contributed by atoms with E-state index in [-0.39, 0.29) is 5.91 Å². The third-order valence-electron chi connectivity index (χ3n) is 3.26. The van der Waals surface area contributed by atoms with Gasteiger partial charge in [-0.2, -0.15) is 0 Å². The second-order valence-electron chi connectivity index (χ2n) is 4.47. The van der Waals surface area contributed by atoms with Crippen molar-refractivity contribution >= 4 is 5.91 Å². The number of carbonyl (C=O) groups excluding carboxylic acids is 1. The first-order valence-electron chi connectivity index (χ1n) is 6.13.